The molecule has 1 aliphatic carbocycles. The first-order chi connectivity index (χ1) is 11.4. The molecule has 2 aliphatic rings. The number of aliphatic hydroxyl groups is 1. The van der Waals surface area contributed by atoms with Gasteiger partial charge >= 0.3 is 0 Å². The number of unbranched alkanes of at least 4 members (excludes halogenated alkanes) is 1. The van der Waals surface area contributed by atoms with Gasteiger partial charge in [0.05, 0.1) is 11.8 Å². The number of likely N-dealkylation sites (tertiary alicyclic amines) is 1. The molecule has 134 valence electrons. The molecule has 0 saturated carbocycles. The van der Waals surface area contributed by atoms with E-state index in [2.05, 4.69) is 25.9 Å². The van der Waals surface area contributed by atoms with Crippen molar-refractivity contribution in [3.63, 3.8) is 0 Å². The van der Waals surface area contributed by atoms with E-state index in [0.29, 0.717) is 19.5 Å². The summed E-state index contributed by atoms with van der Waals surface area (Å²) in [6.07, 6.45) is 6.44. The minimum absolute atomic E-state index is 0.0953. The van der Waals surface area contributed by atoms with Crippen LogP contribution >= 0.6 is 0 Å². The quantitative estimate of drug-likeness (QED) is 0.860. The number of nitrogens with zero attached hydrogens (tertiary/aromatic N) is 2. The number of amides is 1. The maximum Gasteiger partial charge on any atom is 0.234 e. The number of aromatic nitrogens is 1. The molecule has 3 rings (SSSR count). The van der Waals surface area contributed by atoms with E-state index in [1.54, 1.807) is 4.90 Å². The van der Waals surface area contributed by atoms with Gasteiger partial charge in [0.1, 0.15) is 5.92 Å². The Kier molecular flexibility index (Phi) is 5.00. The van der Waals surface area contributed by atoms with Crippen LogP contribution in [0.4, 0.5) is 0 Å². The summed E-state index contributed by atoms with van der Waals surface area (Å²) in [6, 6.07) is 0. The zero-order valence-corrected chi connectivity index (χ0v) is 15.2. The molecule has 2 heterocycles. The lowest BCUT2D eigenvalue weighted by Gasteiger charge is -2.33. The summed E-state index contributed by atoms with van der Waals surface area (Å²) in [5.41, 5.74) is 2.06. The third kappa shape index (κ3) is 3.23. The van der Waals surface area contributed by atoms with E-state index in [4.69, 9.17) is 4.52 Å². The summed E-state index contributed by atoms with van der Waals surface area (Å²) in [4.78, 5) is 15.0. The highest BCUT2D eigenvalue weighted by atomic mass is 16.5. The molecule has 0 aromatic carbocycles. The van der Waals surface area contributed by atoms with Crippen molar-refractivity contribution in [2.75, 3.05) is 13.1 Å². The number of hydrogen-bond donors (Lipinski definition) is 1. The van der Waals surface area contributed by atoms with Crippen LogP contribution in [0.15, 0.2) is 4.52 Å². The molecule has 1 aromatic rings. The zero-order chi connectivity index (χ0) is 17.3. The summed E-state index contributed by atoms with van der Waals surface area (Å²) in [5, 5.41) is 14.1. The second kappa shape index (κ2) is 6.87. The summed E-state index contributed by atoms with van der Waals surface area (Å²) in [5.74, 6) is 0.594. The molecule has 1 N–H and O–H groups in total. The molecule has 1 saturated heterocycles. The Morgan fingerprint density at radius 3 is 2.92 bits per heavy atom. The largest absolute Gasteiger partial charge is 0.391 e. The highest BCUT2D eigenvalue weighted by molar-refractivity contribution is 5.84. The minimum Gasteiger partial charge on any atom is -0.391 e. The highest BCUT2D eigenvalue weighted by Crippen LogP contribution is 2.46. The first kappa shape index (κ1) is 17.5. The number of rotatable bonds is 4. The Morgan fingerprint density at radius 1 is 1.46 bits per heavy atom. The topological polar surface area (TPSA) is 66.6 Å². The fourth-order valence-electron chi connectivity index (χ4n) is 4.18. The summed E-state index contributed by atoms with van der Waals surface area (Å²) in [7, 11) is 0. The van der Waals surface area contributed by atoms with E-state index in [9.17, 15) is 9.90 Å². The van der Waals surface area contributed by atoms with Crippen LogP contribution in [0.3, 0.4) is 0 Å². The van der Waals surface area contributed by atoms with Gasteiger partial charge in [-0.15, -0.1) is 0 Å². The number of aliphatic hydroxyl groups excluding tert-OH is 1. The van der Waals surface area contributed by atoms with Gasteiger partial charge in [-0.25, -0.2) is 0 Å². The molecular formula is C19H30N2O3. The normalized spacial score (nSPS) is 26.2. The van der Waals surface area contributed by atoms with Crippen LogP contribution in [0, 0.1) is 5.41 Å². The van der Waals surface area contributed by atoms with Crippen molar-refractivity contribution in [2.45, 2.75) is 77.7 Å². The standard InChI is InChI=1S/C19H30N2O3/c1-4-5-8-15-14-7-6-10-19(2,3)16(17(14)24-20-15)18(23)21-11-9-13(22)12-21/h13,16,22H,4-12H2,1-3H3. The molecule has 1 amide bonds. The molecule has 1 fully saturated rings. The molecule has 5 nitrogen and oxygen atoms in total. The van der Waals surface area contributed by atoms with Crippen molar-refractivity contribution in [1.82, 2.24) is 10.1 Å². The Morgan fingerprint density at radius 2 is 2.25 bits per heavy atom. The van der Waals surface area contributed by atoms with Crippen molar-refractivity contribution >= 4 is 5.91 Å². The lowest BCUT2D eigenvalue weighted by molar-refractivity contribution is -0.135. The van der Waals surface area contributed by atoms with Crippen molar-refractivity contribution in [1.29, 1.82) is 0 Å². The Hall–Kier alpha value is -1.36. The van der Waals surface area contributed by atoms with E-state index in [-0.39, 0.29) is 17.2 Å². The number of aryl methyl sites for hydroxylation is 1. The SMILES string of the molecule is CCCCc1noc2c1CCCC(C)(C)C2C(=O)N1CCC(O)C1. The molecule has 2 atom stereocenters. The third-order valence-electron chi connectivity index (χ3n) is 5.68. The predicted octanol–water partition coefficient (Wildman–Crippen LogP) is 3.06. The average molecular weight is 334 g/mol. The lowest BCUT2D eigenvalue weighted by atomic mass is 9.74. The van der Waals surface area contributed by atoms with Gasteiger partial charge in [-0.05, 0) is 43.9 Å². The smallest absolute Gasteiger partial charge is 0.234 e. The summed E-state index contributed by atoms with van der Waals surface area (Å²) < 4.78 is 5.76. The van der Waals surface area contributed by atoms with Crippen LogP contribution in [0.5, 0.6) is 0 Å². The van der Waals surface area contributed by atoms with Crippen molar-refractivity contribution in [3.05, 3.63) is 17.0 Å². The molecule has 2 unspecified atom stereocenters. The molecule has 0 spiro atoms. The average Bonchev–Trinajstić information content (AvgIpc) is 3.09. The number of carbonyl (C=O) groups excluding carboxylic acids is 1. The number of carbonyl (C=O) groups is 1. The maximum absolute atomic E-state index is 13.2. The molecule has 1 aliphatic heterocycles. The summed E-state index contributed by atoms with van der Waals surface area (Å²) >= 11 is 0. The summed E-state index contributed by atoms with van der Waals surface area (Å²) in [6.45, 7) is 7.57. The second-order valence-corrected chi connectivity index (χ2v) is 8.08. The fraction of sp³-hybridized carbons (Fsp3) is 0.789. The molecular weight excluding hydrogens is 304 g/mol. The number of hydrogen-bond acceptors (Lipinski definition) is 4. The second-order valence-electron chi connectivity index (χ2n) is 8.08. The molecule has 24 heavy (non-hydrogen) atoms. The van der Waals surface area contributed by atoms with Crippen LogP contribution in [-0.2, 0) is 17.6 Å². The van der Waals surface area contributed by atoms with Gasteiger partial charge in [0.15, 0.2) is 5.76 Å². The van der Waals surface area contributed by atoms with E-state index in [0.717, 1.165) is 50.0 Å². The van der Waals surface area contributed by atoms with Gasteiger partial charge in [-0.1, -0.05) is 32.3 Å². The van der Waals surface area contributed by atoms with Gasteiger partial charge in [-0.2, -0.15) is 0 Å². The first-order valence-corrected chi connectivity index (χ1v) is 9.38. The molecule has 0 radical (unpaired) electrons. The number of β-amino-alcohol motifs (C(OH)–C–C–N with tert-alkyl or cyclic N) is 1. The van der Waals surface area contributed by atoms with Crippen molar-refractivity contribution in [3.8, 4) is 0 Å². The molecule has 0 bridgehead atoms. The van der Waals surface area contributed by atoms with Gasteiger partial charge < -0.3 is 14.5 Å². The lowest BCUT2D eigenvalue weighted by Crippen LogP contribution is -2.39. The van der Waals surface area contributed by atoms with Gasteiger partial charge in [0.25, 0.3) is 0 Å². The van der Waals surface area contributed by atoms with E-state index in [1.807, 2.05) is 0 Å². The third-order valence-corrected chi connectivity index (χ3v) is 5.68. The monoisotopic (exact) mass is 334 g/mol. The minimum atomic E-state index is -0.392. The van der Waals surface area contributed by atoms with Gasteiger partial charge in [-0.3, -0.25) is 4.79 Å². The predicted molar refractivity (Wildman–Crippen MR) is 91.8 cm³/mol. The number of fused-ring (bicyclic) bond motifs is 1. The molecule has 1 aromatic heterocycles. The van der Waals surface area contributed by atoms with E-state index >= 15 is 0 Å². The van der Waals surface area contributed by atoms with Crippen LogP contribution in [0.25, 0.3) is 0 Å². The first-order valence-electron chi connectivity index (χ1n) is 9.38. The fourth-order valence-corrected chi connectivity index (χ4v) is 4.18. The zero-order valence-electron chi connectivity index (χ0n) is 15.2. The van der Waals surface area contributed by atoms with Crippen LogP contribution in [0.1, 0.15) is 75.8 Å². The Bertz CT molecular complexity index is 593. The van der Waals surface area contributed by atoms with Crippen molar-refractivity contribution in [2.24, 2.45) is 5.41 Å². The van der Waals surface area contributed by atoms with Crippen LogP contribution in [0.2, 0.25) is 0 Å². The Balaban J connectivity index is 1.93. The van der Waals surface area contributed by atoms with Crippen LogP contribution < -0.4 is 0 Å². The molecule has 5 heteroatoms. The Labute approximate surface area is 144 Å². The van der Waals surface area contributed by atoms with Crippen molar-refractivity contribution < 1.29 is 14.4 Å². The highest BCUT2D eigenvalue weighted by Gasteiger charge is 2.45. The van der Waals surface area contributed by atoms with Gasteiger partial charge in [0.2, 0.25) is 5.91 Å². The van der Waals surface area contributed by atoms with Gasteiger partial charge in [0, 0.05) is 18.7 Å². The van der Waals surface area contributed by atoms with Crippen LogP contribution in [-0.4, -0.2) is 40.3 Å². The van der Waals surface area contributed by atoms with E-state index in [1.165, 1.54) is 5.56 Å². The van der Waals surface area contributed by atoms with E-state index < -0.39 is 6.10 Å². The maximum atomic E-state index is 13.2.